The van der Waals surface area contributed by atoms with Crippen molar-refractivity contribution in [2.75, 3.05) is 0 Å². The van der Waals surface area contributed by atoms with Crippen molar-refractivity contribution in [2.45, 2.75) is 33.3 Å². The number of rotatable bonds is 4. The molecule has 0 fully saturated rings. The molecule has 20 heavy (non-hydrogen) atoms. The Morgan fingerprint density at radius 3 is 2.70 bits per heavy atom. The monoisotopic (exact) mass is 276 g/mol. The normalized spacial score (nSPS) is 11.1. The summed E-state index contributed by atoms with van der Waals surface area (Å²) >= 11 is 0. The molecular weight excluding hydrogens is 260 g/mol. The fourth-order valence-electron chi connectivity index (χ4n) is 2.13. The zero-order chi connectivity index (χ0) is 14.9. The molecule has 0 aliphatic carbocycles. The lowest BCUT2D eigenvalue weighted by Gasteiger charge is -2.12. The number of nitro groups is 1. The maximum absolute atomic E-state index is 10.9. The van der Waals surface area contributed by atoms with E-state index in [0.717, 1.165) is 11.3 Å². The van der Waals surface area contributed by atoms with Crippen LogP contribution >= 0.6 is 0 Å². The standard InChI is InChI=1S/C13H16N4O3/c1-8(2)13-11(7-18)14-15-16(13)12-6-10(17(19)20)5-4-9(12)3/h4-6,8,18H,7H2,1-3H3. The number of aryl methyl sites for hydroxylation is 1. The van der Waals surface area contributed by atoms with Gasteiger partial charge in [0.25, 0.3) is 5.69 Å². The van der Waals surface area contributed by atoms with E-state index in [2.05, 4.69) is 10.3 Å². The van der Waals surface area contributed by atoms with Gasteiger partial charge in [0.15, 0.2) is 0 Å². The van der Waals surface area contributed by atoms with Crippen LogP contribution in [0.4, 0.5) is 5.69 Å². The average molecular weight is 276 g/mol. The van der Waals surface area contributed by atoms with E-state index in [1.54, 1.807) is 10.7 Å². The van der Waals surface area contributed by atoms with Gasteiger partial charge >= 0.3 is 0 Å². The third-order valence-corrected chi connectivity index (χ3v) is 3.11. The van der Waals surface area contributed by atoms with Crippen molar-refractivity contribution in [3.8, 4) is 5.69 Å². The van der Waals surface area contributed by atoms with Crippen molar-refractivity contribution in [3.05, 3.63) is 45.3 Å². The minimum Gasteiger partial charge on any atom is -0.390 e. The lowest BCUT2D eigenvalue weighted by atomic mass is 10.1. The van der Waals surface area contributed by atoms with E-state index in [0.29, 0.717) is 11.4 Å². The van der Waals surface area contributed by atoms with Crippen LogP contribution in [0.15, 0.2) is 18.2 Å². The predicted octanol–water partition coefficient (Wildman–Crippen LogP) is 2.10. The highest BCUT2D eigenvalue weighted by Gasteiger charge is 2.19. The van der Waals surface area contributed by atoms with E-state index < -0.39 is 4.92 Å². The van der Waals surface area contributed by atoms with Gasteiger partial charge in [-0.15, -0.1) is 5.10 Å². The molecule has 106 valence electrons. The summed E-state index contributed by atoms with van der Waals surface area (Å²) < 4.78 is 1.57. The number of aromatic nitrogens is 3. The van der Waals surface area contributed by atoms with Gasteiger partial charge in [0.1, 0.15) is 5.69 Å². The van der Waals surface area contributed by atoms with Gasteiger partial charge in [0.2, 0.25) is 0 Å². The van der Waals surface area contributed by atoms with Crippen molar-refractivity contribution < 1.29 is 10.0 Å². The summed E-state index contributed by atoms with van der Waals surface area (Å²) in [6.45, 7) is 5.56. The maximum Gasteiger partial charge on any atom is 0.271 e. The van der Waals surface area contributed by atoms with Crippen LogP contribution in [0.3, 0.4) is 0 Å². The molecule has 7 heteroatoms. The molecule has 0 amide bonds. The summed E-state index contributed by atoms with van der Waals surface area (Å²) in [6.07, 6.45) is 0. The predicted molar refractivity (Wildman–Crippen MR) is 72.8 cm³/mol. The largest absolute Gasteiger partial charge is 0.390 e. The first kappa shape index (κ1) is 14.1. The van der Waals surface area contributed by atoms with E-state index in [9.17, 15) is 15.2 Å². The van der Waals surface area contributed by atoms with Gasteiger partial charge in [-0.1, -0.05) is 25.1 Å². The molecule has 0 radical (unpaired) electrons. The summed E-state index contributed by atoms with van der Waals surface area (Å²) in [6, 6.07) is 4.60. The first-order valence-corrected chi connectivity index (χ1v) is 6.26. The number of hydrogen-bond acceptors (Lipinski definition) is 5. The molecule has 0 atom stereocenters. The van der Waals surface area contributed by atoms with Crippen LogP contribution in [0, 0.1) is 17.0 Å². The number of aliphatic hydroxyl groups is 1. The minimum atomic E-state index is -0.443. The highest BCUT2D eigenvalue weighted by molar-refractivity contribution is 5.49. The topological polar surface area (TPSA) is 94.1 Å². The number of benzene rings is 1. The molecule has 0 aliphatic rings. The van der Waals surface area contributed by atoms with Crippen LogP contribution in [0.25, 0.3) is 5.69 Å². The summed E-state index contributed by atoms with van der Waals surface area (Å²) in [5.74, 6) is 0.0887. The maximum atomic E-state index is 10.9. The first-order valence-electron chi connectivity index (χ1n) is 6.26. The van der Waals surface area contributed by atoms with Crippen molar-refractivity contribution in [3.63, 3.8) is 0 Å². The molecule has 1 heterocycles. The molecule has 0 aliphatic heterocycles. The van der Waals surface area contributed by atoms with Gasteiger partial charge in [-0.25, -0.2) is 4.68 Å². The number of non-ortho nitro benzene ring substituents is 1. The molecule has 7 nitrogen and oxygen atoms in total. The third kappa shape index (κ3) is 2.39. The molecule has 2 aromatic rings. The molecular formula is C13H16N4O3. The average Bonchev–Trinajstić information content (AvgIpc) is 2.82. The van der Waals surface area contributed by atoms with Gasteiger partial charge in [-0.05, 0) is 18.4 Å². The number of nitrogens with zero attached hydrogens (tertiary/aromatic N) is 4. The Hall–Kier alpha value is -2.28. The number of hydrogen-bond donors (Lipinski definition) is 1. The van der Waals surface area contributed by atoms with Crippen molar-refractivity contribution in [1.29, 1.82) is 0 Å². The zero-order valence-corrected chi connectivity index (χ0v) is 11.6. The first-order chi connectivity index (χ1) is 9.45. The smallest absolute Gasteiger partial charge is 0.271 e. The van der Waals surface area contributed by atoms with E-state index >= 15 is 0 Å². The van der Waals surface area contributed by atoms with E-state index in [1.165, 1.54) is 12.1 Å². The molecule has 1 aromatic heterocycles. The lowest BCUT2D eigenvalue weighted by Crippen LogP contribution is -2.07. The zero-order valence-electron chi connectivity index (χ0n) is 11.6. The summed E-state index contributed by atoms with van der Waals surface area (Å²) in [5.41, 5.74) is 2.71. The number of nitro benzene ring substituents is 1. The molecule has 0 saturated carbocycles. The molecule has 0 unspecified atom stereocenters. The Labute approximate surface area is 116 Å². The Morgan fingerprint density at radius 1 is 1.45 bits per heavy atom. The summed E-state index contributed by atoms with van der Waals surface area (Å²) in [4.78, 5) is 10.5. The molecule has 0 spiro atoms. The van der Waals surface area contributed by atoms with Gasteiger partial charge in [0.05, 0.1) is 22.9 Å². The van der Waals surface area contributed by atoms with E-state index in [1.807, 2.05) is 20.8 Å². The van der Waals surface area contributed by atoms with Crippen LogP contribution in [-0.2, 0) is 6.61 Å². The Kier molecular flexibility index (Phi) is 3.80. The van der Waals surface area contributed by atoms with Crippen molar-refractivity contribution in [2.24, 2.45) is 0 Å². The van der Waals surface area contributed by atoms with Gasteiger partial charge in [-0.3, -0.25) is 10.1 Å². The molecule has 1 N–H and O–H groups in total. The minimum absolute atomic E-state index is 0.00125. The summed E-state index contributed by atoms with van der Waals surface area (Å²) in [5, 5.41) is 28.2. The molecule has 0 bridgehead atoms. The Morgan fingerprint density at radius 2 is 2.15 bits per heavy atom. The second-order valence-electron chi connectivity index (χ2n) is 4.87. The number of aliphatic hydroxyl groups excluding tert-OH is 1. The van der Waals surface area contributed by atoms with Gasteiger partial charge < -0.3 is 5.11 Å². The fourth-order valence-corrected chi connectivity index (χ4v) is 2.13. The molecule has 2 rings (SSSR count). The summed E-state index contributed by atoms with van der Waals surface area (Å²) in [7, 11) is 0. The molecule has 0 saturated heterocycles. The van der Waals surface area contributed by atoms with Gasteiger partial charge in [0, 0.05) is 12.1 Å². The van der Waals surface area contributed by atoms with Crippen molar-refractivity contribution >= 4 is 5.69 Å². The Bertz CT molecular complexity index is 649. The Balaban J connectivity index is 2.65. The van der Waals surface area contributed by atoms with E-state index in [4.69, 9.17) is 0 Å². The SMILES string of the molecule is Cc1ccc([N+](=O)[O-])cc1-n1nnc(CO)c1C(C)C. The molecule has 1 aromatic carbocycles. The fraction of sp³-hybridized carbons (Fsp3) is 0.385. The van der Waals surface area contributed by atoms with Crippen molar-refractivity contribution in [1.82, 2.24) is 15.0 Å². The second kappa shape index (κ2) is 5.38. The quantitative estimate of drug-likeness (QED) is 0.681. The highest BCUT2D eigenvalue weighted by Crippen LogP contribution is 2.26. The lowest BCUT2D eigenvalue weighted by molar-refractivity contribution is -0.384. The third-order valence-electron chi connectivity index (χ3n) is 3.11. The van der Waals surface area contributed by atoms with Crippen LogP contribution < -0.4 is 0 Å². The second-order valence-corrected chi connectivity index (χ2v) is 4.87. The van der Waals surface area contributed by atoms with E-state index in [-0.39, 0.29) is 18.2 Å². The van der Waals surface area contributed by atoms with Crippen LogP contribution in [0.1, 0.15) is 36.7 Å². The highest BCUT2D eigenvalue weighted by atomic mass is 16.6. The van der Waals surface area contributed by atoms with Crippen LogP contribution in [0.5, 0.6) is 0 Å². The van der Waals surface area contributed by atoms with Gasteiger partial charge in [-0.2, -0.15) is 0 Å². The van der Waals surface area contributed by atoms with Crippen LogP contribution in [-0.4, -0.2) is 25.0 Å². The van der Waals surface area contributed by atoms with Crippen LogP contribution in [0.2, 0.25) is 0 Å².